The fraction of sp³-hybridized carbons (Fsp3) is 0.526. The van der Waals surface area contributed by atoms with Crippen molar-refractivity contribution < 1.29 is 17.9 Å². The molecule has 0 saturated carbocycles. The van der Waals surface area contributed by atoms with Crippen LogP contribution in [-0.2, 0) is 19.4 Å². The first kappa shape index (κ1) is 21.5. The van der Waals surface area contributed by atoms with E-state index in [1.54, 1.807) is 4.90 Å². The van der Waals surface area contributed by atoms with E-state index in [0.29, 0.717) is 22.4 Å². The third-order valence-corrected chi connectivity index (χ3v) is 8.86. The lowest BCUT2D eigenvalue weighted by Gasteiger charge is -2.28. The number of nitrogens with zero attached hydrogens (tertiary/aromatic N) is 3. The van der Waals surface area contributed by atoms with Crippen molar-refractivity contribution in [2.75, 3.05) is 40.6 Å². The molecule has 2 fully saturated rings. The maximum absolute atomic E-state index is 13.1. The number of carbonyl (C=O) groups excluding carboxylic acids is 1. The van der Waals surface area contributed by atoms with Crippen LogP contribution in [0.15, 0.2) is 34.7 Å². The number of hydrogen-bond acceptors (Lipinski definition) is 9. The van der Waals surface area contributed by atoms with Gasteiger partial charge in [-0.25, -0.2) is 8.42 Å². The Labute approximate surface area is 184 Å². The Morgan fingerprint density at radius 1 is 1.27 bits per heavy atom. The van der Waals surface area contributed by atoms with E-state index in [9.17, 15) is 13.2 Å². The normalized spacial score (nSPS) is 22.8. The molecule has 0 bridgehead atoms. The molecule has 1 aromatic heterocycles. The molecule has 30 heavy (non-hydrogen) atoms. The van der Waals surface area contributed by atoms with Crippen molar-refractivity contribution in [1.82, 2.24) is 10.2 Å². The zero-order chi connectivity index (χ0) is 21.0. The van der Waals surface area contributed by atoms with Gasteiger partial charge in [-0.2, -0.15) is 0 Å². The number of amides is 1. The fourth-order valence-corrected chi connectivity index (χ4v) is 6.98. The molecule has 2 atom stereocenters. The first-order valence-corrected chi connectivity index (χ1v) is 13.5. The highest BCUT2D eigenvalue weighted by Gasteiger charge is 2.35. The molecule has 2 aromatic rings. The maximum atomic E-state index is 13.1. The van der Waals surface area contributed by atoms with Crippen LogP contribution in [0.1, 0.15) is 19.3 Å². The van der Waals surface area contributed by atoms with Crippen LogP contribution < -0.4 is 10.2 Å². The summed E-state index contributed by atoms with van der Waals surface area (Å²) < 4.78 is 30.2. The van der Waals surface area contributed by atoms with Crippen molar-refractivity contribution in [2.45, 2.75) is 35.7 Å². The van der Waals surface area contributed by atoms with Crippen LogP contribution in [0.2, 0.25) is 0 Å². The number of carbonyl (C=O) groups is 1. The van der Waals surface area contributed by atoms with E-state index in [1.807, 2.05) is 30.3 Å². The molecule has 2 aliphatic heterocycles. The van der Waals surface area contributed by atoms with Crippen LogP contribution >= 0.6 is 23.1 Å². The van der Waals surface area contributed by atoms with Crippen LogP contribution in [0.3, 0.4) is 0 Å². The molecule has 3 heterocycles. The minimum absolute atomic E-state index is 0.00835. The van der Waals surface area contributed by atoms with Gasteiger partial charge in [0, 0.05) is 18.8 Å². The standard InChI is InChI=1S/C19H24N4O4S3/c24-17(12-28-19-22-21-18(29-19)20-11-16-7-4-9-27-16)23(14-5-2-1-3-6-14)15-8-10-30(25,26)13-15/h1-3,5-6,15-16H,4,7-13H2,(H,20,21). The van der Waals surface area contributed by atoms with E-state index < -0.39 is 9.84 Å². The average Bonchev–Trinajstić information content (AvgIpc) is 3.47. The van der Waals surface area contributed by atoms with Gasteiger partial charge in [0.05, 0.1) is 29.4 Å². The van der Waals surface area contributed by atoms with E-state index >= 15 is 0 Å². The number of benzene rings is 1. The first-order chi connectivity index (χ1) is 14.5. The van der Waals surface area contributed by atoms with E-state index in [0.717, 1.165) is 25.1 Å². The minimum atomic E-state index is -3.10. The SMILES string of the molecule is O=C(CSc1nnc(NCC2CCCO2)s1)N(c1ccccc1)C1CCS(=O)(=O)C1. The summed E-state index contributed by atoms with van der Waals surface area (Å²) >= 11 is 2.73. The molecule has 4 rings (SSSR count). The third kappa shape index (κ3) is 5.51. The van der Waals surface area contributed by atoms with Gasteiger partial charge in [-0.15, -0.1) is 10.2 Å². The highest BCUT2D eigenvalue weighted by molar-refractivity contribution is 8.01. The predicted molar refractivity (Wildman–Crippen MR) is 119 cm³/mol. The van der Waals surface area contributed by atoms with Crippen LogP contribution in [0, 0.1) is 0 Å². The third-order valence-electron chi connectivity index (χ3n) is 5.11. The van der Waals surface area contributed by atoms with Gasteiger partial charge in [0.1, 0.15) is 0 Å². The van der Waals surface area contributed by atoms with E-state index in [4.69, 9.17) is 4.74 Å². The molecular formula is C19H24N4O4S3. The number of thioether (sulfide) groups is 1. The molecule has 0 radical (unpaired) electrons. The number of para-hydroxylation sites is 1. The summed E-state index contributed by atoms with van der Waals surface area (Å²) in [5, 5.41) is 12.2. The summed E-state index contributed by atoms with van der Waals surface area (Å²) in [7, 11) is -3.10. The predicted octanol–water partition coefficient (Wildman–Crippen LogP) is 2.44. The summed E-state index contributed by atoms with van der Waals surface area (Å²) in [5.74, 6) is 0.176. The second-order valence-electron chi connectivity index (χ2n) is 7.33. The molecule has 1 aromatic carbocycles. The van der Waals surface area contributed by atoms with Gasteiger partial charge in [-0.05, 0) is 31.4 Å². The number of anilines is 2. The average molecular weight is 469 g/mol. The summed E-state index contributed by atoms with van der Waals surface area (Å²) in [6.07, 6.45) is 2.82. The van der Waals surface area contributed by atoms with Crippen molar-refractivity contribution in [2.24, 2.45) is 0 Å². The Kier molecular flexibility index (Phi) is 6.91. The Morgan fingerprint density at radius 3 is 2.80 bits per heavy atom. The lowest BCUT2D eigenvalue weighted by atomic mass is 10.2. The van der Waals surface area contributed by atoms with Gasteiger partial charge < -0.3 is 15.0 Å². The maximum Gasteiger partial charge on any atom is 0.237 e. The van der Waals surface area contributed by atoms with Crippen molar-refractivity contribution in [3.8, 4) is 0 Å². The molecule has 162 valence electrons. The Balaban J connectivity index is 1.37. The number of ether oxygens (including phenoxy) is 1. The molecule has 2 unspecified atom stereocenters. The largest absolute Gasteiger partial charge is 0.376 e. The van der Waals surface area contributed by atoms with Crippen LogP contribution in [0.25, 0.3) is 0 Å². The van der Waals surface area contributed by atoms with Crippen LogP contribution in [-0.4, -0.2) is 67.1 Å². The molecule has 1 N–H and O–H groups in total. The quantitative estimate of drug-likeness (QED) is 0.590. The number of sulfone groups is 1. The minimum Gasteiger partial charge on any atom is -0.376 e. The summed E-state index contributed by atoms with van der Waals surface area (Å²) in [6.45, 7) is 1.52. The van der Waals surface area contributed by atoms with Crippen molar-refractivity contribution >= 4 is 49.7 Å². The van der Waals surface area contributed by atoms with Gasteiger partial charge in [0.2, 0.25) is 11.0 Å². The van der Waals surface area contributed by atoms with Crippen molar-refractivity contribution in [3.63, 3.8) is 0 Å². The molecule has 0 spiro atoms. The molecule has 1 amide bonds. The summed E-state index contributed by atoms with van der Waals surface area (Å²) in [4.78, 5) is 14.7. The Hall–Kier alpha value is -1.69. The zero-order valence-corrected chi connectivity index (χ0v) is 18.8. The Morgan fingerprint density at radius 2 is 2.10 bits per heavy atom. The van der Waals surface area contributed by atoms with Gasteiger partial charge in [-0.1, -0.05) is 41.3 Å². The first-order valence-electron chi connectivity index (χ1n) is 9.89. The molecule has 8 nitrogen and oxygen atoms in total. The lowest BCUT2D eigenvalue weighted by Crippen LogP contribution is -2.42. The monoisotopic (exact) mass is 468 g/mol. The van der Waals surface area contributed by atoms with Gasteiger partial charge >= 0.3 is 0 Å². The number of aromatic nitrogens is 2. The Bertz CT molecular complexity index is 961. The molecule has 0 aliphatic carbocycles. The van der Waals surface area contributed by atoms with Crippen LogP contribution in [0.5, 0.6) is 0 Å². The second kappa shape index (κ2) is 9.63. The number of rotatable bonds is 8. The van der Waals surface area contributed by atoms with Gasteiger partial charge in [-0.3, -0.25) is 4.79 Å². The summed E-state index contributed by atoms with van der Waals surface area (Å²) in [6, 6.07) is 8.92. The molecular weight excluding hydrogens is 444 g/mol. The second-order valence-corrected chi connectivity index (χ2v) is 11.8. The van der Waals surface area contributed by atoms with E-state index in [2.05, 4.69) is 15.5 Å². The van der Waals surface area contributed by atoms with Crippen molar-refractivity contribution in [3.05, 3.63) is 30.3 Å². The number of hydrogen-bond donors (Lipinski definition) is 1. The molecule has 2 aliphatic rings. The van der Waals surface area contributed by atoms with E-state index in [1.165, 1.54) is 23.1 Å². The van der Waals surface area contributed by atoms with Crippen LogP contribution in [0.4, 0.5) is 10.8 Å². The van der Waals surface area contributed by atoms with Gasteiger partial charge in [0.15, 0.2) is 14.2 Å². The van der Waals surface area contributed by atoms with Gasteiger partial charge in [0.25, 0.3) is 0 Å². The fourth-order valence-electron chi connectivity index (χ4n) is 3.67. The van der Waals surface area contributed by atoms with Crippen molar-refractivity contribution in [1.29, 1.82) is 0 Å². The highest BCUT2D eigenvalue weighted by atomic mass is 32.2. The highest BCUT2D eigenvalue weighted by Crippen LogP contribution is 2.29. The zero-order valence-electron chi connectivity index (χ0n) is 16.4. The van der Waals surface area contributed by atoms with E-state index in [-0.39, 0.29) is 35.3 Å². The smallest absolute Gasteiger partial charge is 0.237 e. The molecule has 11 heteroatoms. The number of nitrogens with one attached hydrogen (secondary N) is 1. The molecule has 2 saturated heterocycles. The topological polar surface area (TPSA) is 101 Å². The lowest BCUT2D eigenvalue weighted by molar-refractivity contribution is -0.116. The summed E-state index contributed by atoms with van der Waals surface area (Å²) in [5.41, 5.74) is 0.724.